The highest BCUT2D eigenvalue weighted by molar-refractivity contribution is 7.10. The zero-order valence-electron chi connectivity index (χ0n) is 14.0. The maximum atomic E-state index is 9.55. The fourth-order valence-corrected chi connectivity index (χ4v) is 4.21. The average Bonchev–Trinajstić information content (AvgIpc) is 2.99. The van der Waals surface area contributed by atoms with Gasteiger partial charge >= 0.3 is 0 Å². The summed E-state index contributed by atoms with van der Waals surface area (Å²) in [5.41, 5.74) is 2.62. The molecule has 0 unspecified atom stereocenters. The number of hydrogen-bond acceptors (Lipinski definition) is 4. The number of thiophene rings is 1. The van der Waals surface area contributed by atoms with Crippen LogP contribution in [0, 0.1) is 0 Å². The van der Waals surface area contributed by atoms with Gasteiger partial charge in [-0.3, -0.25) is 9.80 Å². The summed E-state index contributed by atoms with van der Waals surface area (Å²) < 4.78 is 0. The number of hydrogen-bond donors (Lipinski definition) is 1. The molecular formula is C19H26N2OS. The van der Waals surface area contributed by atoms with E-state index < -0.39 is 0 Å². The zero-order valence-corrected chi connectivity index (χ0v) is 14.8. The Bertz CT molecular complexity index is 611. The third-order valence-corrected chi connectivity index (χ3v) is 5.41. The lowest BCUT2D eigenvalue weighted by molar-refractivity contribution is 0.0477. The highest BCUT2D eigenvalue weighted by atomic mass is 32.1. The van der Waals surface area contributed by atoms with Crippen LogP contribution < -0.4 is 0 Å². The van der Waals surface area contributed by atoms with Gasteiger partial charge in [-0.15, -0.1) is 11.3 Å². The van der Waals surface area contributed by atoms with E-state index in [4.69, 9.17) is 0 Å². The summed E-state index contributed by atoms with van der Waals surface area (Å²) in [5, 5.41) is 11.8. The molecule has 1 aromatic heterocycles. The lowest BCUT2D eigenvalue weighted by Crippen LogP contribution is -2.52. The van der Waals surface area contributed by atoms with Gasteiger partial charge in [0.15, 0.2) is 0 Å². The van der Waals surface area contributed by atoms with Crippen molar-refractivity contribution < 1.29 is 5.11 Å². The number of rotatable bonds is 5. The maximum absolute atomic E-state index is 9.55. The molecule has 1 aliphatic rings. The van der Waals surface area contributed by atoms with E-state index in [0.717, 1.165) is 32.7 Å². The largest absolute Gasteiger partial charge is 0.392 e. The van der Waals surface area contributed by atoms with Crippen LogP contribution in [0.3, 0.4) is 0 Å². The molecule has 0 saturated carbocycles. The van der Waals surface area contributed by atoms with Crippen molar-refractivity contribution in [2.45, 2.75) is 32.5 Å². The number of β-amino-alcohol motifs (C(OH)–C–C–N with tert-alkyl or cyclic N) is 1. The molecule has 4 heteroatoms. The van der Waals surface area contributed by atoms with Crippen LogP contribution in [0.15, 0.2) is 41.8 Å². The van der Waals surface area contributed by atoms with E-state index in [2.05, 4.69) is 58.5 Å². The van der Waals surface area contributed by atoms with Gasteiger partial charge in [-0.05, 0) is 36.4 Å². The molecule has 124 valence electrons. The quantitative estimate of drug-likeness (QED) is 0.911. The summed E-state index contributed by atoms with van der Waals surface area (Å²) in [7, 11) is 0. The van der Waals surface area contributed by atoms with E-state index in [1.54, 1.807) is 0 Å². The summed E-state index contributed by atoms with van der Waals surface area (Å²) in [6.45, 7) is 9.14. The Morgan fingerprint density at radius 3 is 2.70 bits per heavy atom. The molecule has 2 heterocycles. The molecule has 0 aliphatic carbocycles. The predicted octanol–water partition coefficient (Wildman–Crippen LogP) is 3.30. The van der Waals surface area contributed by atoms with Crippen molar-refractivity contribution in [3.63, 3.8) is 0 Å². The standard InChI is InChI=1S/C19H26N2OS/c1-15-11-20(12-16(2)22)8-9-21(15)13-19-10-18(14-23-19)17-6-4-3-5-7-17/h3-7,10,14-16,22H,8-9,11-13H2,1-2H3/t15-,16-/m0/s1. The SMILES string of the molecule is C[C@H](O)CN1CCN(Cc2cc(-c3ccccc3)cs2)[C@@H](C)C1. The molecule has 2 atom stereocenters. The lowest BCUT2D eigenvalue weighted by atomic mass is 10.1. The lowest BCUT2D eigenvalue weighted by Gasteiger charge is -2.40. The van der Waals surface area contributed by atoms with Gasteiger partial charge in [-0.1, -0.05) is 30.3 Å². The van der Waals surface area contributed by atoms with Crippen molar-refractivity contribution >= 4 is 11.3 Å². The first-order valence-corrected chi connectivity index (χ1v) is 9.27. The predicted molar refractivity (Wildman–Crippen MR) is 97.7 cm³/mol. The van der Waals surface area contributed by atoms with Crippen LogP contribution >= 0.6 is 11.3 Å². The normalized spacial score (nSPS) is 21.4. The second-order valence-corrected chi connectivity index (χ2v) is 7.59. The Hall–Kier alpha value is -1.20. The van der Waals surface area contributed by atoms with Gasteiger partial charge in [-0.2, -0.15) is 0 Å². The first-order chi connectivity index (χ1) is 11.1. The molecule has 1 N–H and O–H groups in total. The third-order valence-electron chi connectivity index (χ3n) is 4.49. The van der Waals surface area contributed by atoms with Gasteiger partial charge in [-0.25, -0.2) is 0 Å². The van der Waals surface area contributed by atoms with Gasteiger partial charge < -0.3 is 5.11 Å². The van der Waals surface area contributed by atoms with Crippen LogP contribution in [0.2, 0.25) is 0 Å². The summed E-state index contributed by atoms with van der Waals surface area (Å²) >= 11 is 1.86. The molecular weight excluding hydrogens is 304 g/mol. The van der Waals surface area contributed by atoms with E-state index in [1.165, 1.54) is 16.0 Å². The molecule has 2 aromatic rings. The molecule has 3 rings (SSSR count). The van der Waals surface area contributed by atoms with Gasteiger partial charge in [0, 0.05) is 43.6 Å². The summed E-state index contributed by atoms with van der Waals surface area (Å²) in [6.07, 6.45) is -0.237. The molecule has 0 bridgehead atoms. The molecule has 1 aromatic carbocycles. The summed E-state index contributed by atoms with van der Waals surface area (Å²) in [4.78, 5) is 6.36. The zero-order chi connectivity index (χ0) is 16.2. The highest BCUT2D eigenvalue weighted by Crippen LogP contribution is 2.27. The Balaban J connectivity index is 1.59. The minimum absolute atomic E-state index is 0.237. The fraction of sp³-hybridized carbons (Fsp3) is 0.474. The van der Waals surface area contributed by atoms with Crippen molar-refractivity contribution in [3.8, 4) is 11.1 Å². The molecule has 1 saturated heterocycles. The van der Waals surface area contributed by atoms with Crippen molar-refractivity contribution in [2.75, 3.05) is 26.2 Å². The first kappa shape index (κ1) is 16.7. The summed E-state index contributed by atoms with van der Waals surface area (Å²) in [5.74, 6) is 0. The molecule has 3 nitrogen and oxygen atoms in total. The number of aliphatic hydroxyl groups excluding tert-OH is 1. The smallest absolute Gasteiger partial charge is 0.0639 e. The molecule has 23 heavy (non-hydrogen) atoms. The van der Waals surface area contributed by atoms with Crippen molar-refractivity contribution in [2.24, 2.45) is 0 Å². The Kier molecular flexibility index (Phi) is 5.49. The fourth-order valence-electron chi connectivity index (χ4n) is 3.29. The van der Waals surface area contributed by atoms with Gasteiger partial charge in [0.25, 0.3) is 0 Å². The van der Waals surface area contributed by atoms with Gasteiger partial charge in [0.05, 0.1) is 6.10 Å². The van der Waals surface area contributed by atoms with Crippen LogP contribution in [-0.4, -0.2) is 53.2 Å². The Morgan fingerprint density at radius 1 is 1.22 bits per heavy atom. The number of nitrogens with zero attached hydrogens (tertiary/aromatic N) is 2. The van der Waals surface area contributed by atoms with E-state index in [9.17, 15) is 5.11 Å². The maximum Gasteiger partial charge on any atom is 0.0639 e. The second kappa shape index (κ2) is 7.58. The second-order valence-electron chi connectivity index (χ2n) is 6.60. The first-order valence-electron chi connectivity index (χ1n) is 8.39. The van der Waals surface area contributed by atoms with Crippen LogP contribution in [-0.2, 0) is 6.54 Å². The van der Waals surface area contributed by atoms with Crippen LogP contribution in [0.1, 0.15) is 18.7 Å². The molecule has 1 fully saturated rings. The van der Waals surface area contributed by atoms with Crippen LogP contribution in [0.5, 0.6) is 0 Å². The molecule has 1 aliphatic heterocycles. The van der Waals surface area contributed by atoms with Crippen LogP contribution in [0.25, 0.3) is 11.1 Å². The number of piperazine rings is 1. The third kappa shape index (κ3) is 4.42. The number of benzene rings is 1. The van der Waals surface area contributed by atoms with Crippen LogP contribution in [0.4, 0.5) is 0 Å². The molecule has 0 amide bonds. The minimum atomic E-state index is -0.237. The Morgan fingerprint density at radius 2 is 2.00 bits per heavy atom. The monoisotopic (exact) mass is 330 g/mol. The summed E-state index contributed by atoms with van der Waals surface area (Å²) in [6, 6.07) is 13.4. The van der Waals surface area contributed by atoms with E-state index in [-0.39, 0.29) is 6.10 Å². The van der Waals surface area contributed by atoms with Gasteiger partial charge in [0.2, 0.25) is 0 Å². The number of aliphatic hydroxyl groups is 1. The van der Waals surface area contributed by atoms with Gasteiger partial charge in [0.1, 0.15) is 0 Å². The van der Waals surface area contributed by atoms with E-state index >= 15 is 0 Å². The Labute approximate surface area is 143 Å². The minimum Gasteiger partial charge on any atom is -0.392 e. The van der Waals surface area contributed by atoms with E-state index in [0.29, 0.717) is 6.04 Å². The highest BCUT2D eigenvalue weighted by Gasteiger charge is 2.24. The van der Waals surface area contributed by atoms with Crippen molar-refractivity contribution in [3.05, 3.63) is 46.7 Å². The topological polar surface area (TPSA) is 26.7 Å². The van der Waals surface area contributed by atoms with E-state index in [1.807, 2.05) is 18.3 Å². The average molecular weight is 330 g/mol. The molecule has 0 spiro atoms. The molecule has 0 radical (unpaired) electrons. The van der Waals surface area contributed by atoms with Crippen molar-refractivity contribution in [1.82, 2.24) is 9.80 Å². The van der Waals surface area contributed by atoms with Crippen molar-refractivity contribution in [1.29, 1.82) is 0 Å².